The number of hydrogen-bond acceptors (Lipinski definition) is 3. The van der Waals surface area contributed by atoms with Gasteiger partial charge in [-0.25, -0.2) is 4.79 Å². The van der Waals surface area contributed by atoms with Crippen molar-refractivity contribution in [3.8, 4) is 5.75 Å². The largest absolute Gasteiger partial charge is 0.496 e. The van der Waals surface area contributed by atoms with Crippen LogP contribution >= 0.6 is 0 Å². The average Bonchev–Trinajstić information content (AvgIpc) is 2.74. The van der Waals surface area contributed by atoms with E-state index >= 15 is 0 Å². The predicted octanol–water partition coefficient (Wildman–Crippen LogP) is 3.61. The Kier molecular flexibility index (Phi) is 7.11. The van der Waals surface area contributed by atoms with Crippen LogP contribution in [0.5, 0.6) is 5.75 Å². The number of benzene rings is 2. The zero-order valence-electron chi connectivity index (χ0n) is 17.1. The Morgan fingerprint density at radius 2 is 1.97 bits per heavy atom. The van der Waals surface area contributed by atoms with E-state index in [4.69, 9.17) is 4.74 Å². The quantitative estimate of drug-likeness (QED) is 0.785. The SMILES string of the molecule is COc1ccc(C)cc1CCNC(=O)[C@H]1CCCN(C(=O)Nc2ccccc2)C1. The van der Waals surface area contributed by atoms with E-state index in [1.54, 1.807) is 12.0 Å². The fourth-order valence-electron chi connectivity index (χ4n) is 3.67. The highest BCUT2D eigenvalue weighted by molar-refractivity contribution is 5.90. The fourth-order valence-corrected chi connectivity index (χ4v) is 3.67. The topological polar surface area (TPSA) is 70.7 Å². The van der Waals surface area contributed by atoms with Crippen molar-refractivity contribution in [3.63, 3.8) is 0 Å². The summed E-state index contributed by atoms with van der Waals surface area (Å²) in [6.45, 7) is 3.70. The first kappa shape index (κ1) is 20.7. The first-order chi connectivity index (χ1) is 14.1. The van der Waals surface area contributed by atoms with Crippen LogP contribution in [0, 0.1) is 12.8 Å². The Balaban J connectivity index is 1.49. The molecule has 3 amide bonds. The van der Waals surface area contributed by atoms with Crippen molar-refractivity contribution in [1.82, 2.24) is 10.2 Å². The molecule has 0 bridgehead atoms. The molecule has 1 aliphatic rings. The zero-order chi connectivity index (χ0) is 20.6. The number of rotatable bonds is 6. The third-order valence-electron chi connectivity index (χ3n) is 5.23. The number of para-hydroxylation sites is 1. The van der Waals surface area contributed by atoms with Crippen molar-refractivity contribution in [2.24, 2.45) is 5.92 Å². The van der Waals surface area contributed by atoms with Crippen LogP contribution in [-0.4, -0.2) is 43.6 Å². The lowest BCUT2D eigenvalue weighted by atomic mass is 9.97. The number of amides is 3. The molecule has 6 nitrogen and oxygen atoms in total. The number of anilines is 1. The van der Waals surface area contributed by atoms with Gasteiger partial charge in [0.15, 0.2) is 0 Å². The molecule has 0 radical (unpaired) electrons. The Bertz CT molecular complexity index is 839. The fraction of sp³-hybridized carbons (Fsp3) is 0.391. The highest BCUT2D eigenvalue weighted by atomic mass is 16.5. The number of methoxy groups -OCH3 is 1. The predicted molar refractivity (Wildman–Crippen MR) is 114 cm³/mol. The van der Waals surface area contributed by atoms with Crippen LogP contribution in [0.2, 0.25) is 0 Å². The van der Waals surface area contributed by atoms with Crippen molar-refractivity contribution in [2.45, 2.75) is 26.2 Å². The number of ether oxygens (including phenoxy) is 1. The van der Waals surface area contributed by atoms with Crippen LogP contribution in [0.3, 0.4) is 0 Å². The van der Waals surface area contributed by atoms with Gasteiger partial charge in [0.25, 0.3) is 0 Å². The molecular formula is C23H29N3O3. The van der Waals surface area contributed by atoms with E-state index in [0.29, 0.717) is 26.1 Å². The number of likely N-dealkylation sites (tertiary alicyclic amines) is 1. The first-order valence-electron chi connectivity index (χ1n) is 10.1. The van der Waals surface area contributed by atoms with Gasteiger partial charge in [-0.05, 0) is 49.9 Å². The number of urea groups is 1. The second-order valence-electron chi connectivity index (χ2n) is 7.44. The number of hydrogen-bond donors (Lipinski definition) is 2. The van der Waals surface area contributed by atoms with Gasteiger partial charge in [-0.2, -0.15) is 0 Å². The van der Waals surface area contributed by atoms with Gasteiger partial charge in [0, 0.05) is 25.3 Å². The highest BCUT2D eigenvalue weighted by Crippen LogP contribution is 2.21. The summed E-state index contributed by atoms with van der Waals surface area (Å²) in [5, 5.41) is 5.92. The Labute approximate surface area is 172 Å². The highest BCUT2D eigenvalue weighted by Gasteiger charge is 2.28. The number of carbonyl (C=O) groups is 2. The number of nitrogens with one attached hydrogen (secondary N) is 2. The van der Waals surface area contributed by atoms with E-state index in [1.807, 2.05) is 49.4 Å². The molecule has 0 unspecified atom stereocenters. The molecule has 2 aromatic rings. The molecule has 3 rings (SSSR count). The van der Waals surface area contributed by atoms with Gasteiger partial charge in [0.05, 0.1) is 13.0 Å². The minimum Gasteiger partial charge on any atom is -0.496 e. The van der Waals surface area contributed by atoms with Crippen molar-refractivity contribution in [3.05, 3.63) is 59.7 Å². The smallest absolute Gasteiger partial charge is 0.321 e. The molecule has 2 aromatic carbocycles. The van der Waals surface area contributed by atoms with E-state index in [0.717, 1.165) is 29.8 Å². The minimum atomic E-state index is -0.176. The van der Waals surface area contributed by atoms with Gasteiger partial charge in [-0.3, -0.25) is 4.79 Å². The Morgan fingerprint density at radius 3 is 2.72 bits per heavy atom. The summed E-state index contributed by atoms with van der Waals surface area (Å²) >= 11 is 0. The summed E-state index contributed by atoms with van der Waals surface area (Å²) in [7, 11) is 1.66. The van der Waals surface area contributed by atoms with Crippen molar-refractivity contribution in [1.29, 1.82) is 0 Å². The Morgan fingerprint density at radius 1 is 1.17 bits per heavy atom. The van der Waals surface area contributed by atoms with E-state index in [2.05, 4.69) is 16.7 Å². The van der Waals surface area contributed by atoms with Gasteiger partial charge in [-0.1, -0.05) is 35.9 Å². The number of piperidine rings is 1. The third kappa shape index (κ3) is 5.73. The summed E-state index contributed by atoms with van der Waals surface area (Å²) in [5.41, 5.74) is 3.01. The molecule has 29 heavy (non-hydrogen) atoms. The van der Waals surface area contributed by atoms with Crippen LogP contribution in [0.25, 0.3) is 0 Å². The van der Waals surface area contributed by atoms with E-state index in [-0.39, 0.29) is 17.9 Å². The molecule has 0 aliphatic carbocycles. The molecule has 1 aliphatic heterocycles. The third-order valence-corrected chi connectivity index (χ3v) is 5.23. The van der Waals surface area contributed by atoms with Crippen LogP contribution in [-0.2, 0) is 11.2 Å². The average molecular weight is 396 g/mol. The van der Waals surface area contributed by atoms with Crippen LogP contribution in [0.15, 0.2) is 48.5 Å². The Hall–Kier alpha value is -3.02. The van der Waals surface area contributed by atoms with Crippen LogP contribution in [0.1, 0.15) is 24.0 Å². The normalized spacial score (nSPS) is 16.2. The molecule has 2 N–H and O–H groups in total. The monoisotopic (exact) mass is 395 g/mol. The number of carbonyl (C=O) groups excluding carboxylic acids is 2. The van der Waals surface area contributed by atoms with Crippen molar-refractivity contribution >= 4 is 17.6 Å². The van der Waals surface area contributed by atoms with Gasteiger partial charge in [0.1, 0.15) is 5.75 Å². The standard InChI is InChI=1S/C23H29N3O3/c1-17-10-11-21(29-2)18(15-17)12-13-24-22(27)19-7-6-14-26(16-19)23(28)25-20-8-4-3-5-9-20/h3-5,8-11,15,19H,6-7,12-14,16H2,1-2H3,(H,24,27)(H,25,28)/t19-/m0/s1. The summed E-state index contributed by atoms with van der Waals surface area (Å²) in [4.78, 5) is 26.9. The maximum Gasteiger partial charge on any atom is 0.321 e. The second kappa shape index (κ2) is 9.96. The van der Waals surface area contributed by atoms with Gasteiger partial charge in [0.2, 0.25) is 5.91 Å². The van der Waals surface area contributed by atoms with Crippen LogP contribution < -0.4 is 15.4 Å². The van der Waals surface area contributed by atoms with Gasteiger partial charge in [-0.15, -0.1) is 0 Å². The van der Waals surface area contributed by atoms with Crippen molar-refractivity contribution < 1.29 is 14.3 Å². The summed E-state index contributed by atoms with van der Waals surface area (Å²) in [6, 6.07) is 15.3. The molecule has 0 spiro atoms. The van der Waals surface area contributed by atoms with E-state index in [9.17, 15) is 9.59 Å². The van der Waals surface area contributed by atoms with E-state index < -0.39 is 0 Å². The molecule has 0 saturated carbocycles. The minimum absolute atomic E-state index is 0.00818. The summed E-state index contributed by atoms with van der Waals surface area (Å²) < 4.78 is 5.40. The number of nitrogens with zero attached hydrogens (tertiary/aromatic N) is 1. The summed E-state index contributed by atoms with van der Waals surface area (Å²) in [5.74, 6) is 0.671. The lowest BCUT2D eigenvalue weighted by Gasteiger charge is -2.32. The molecule has 0 aromatic heterocycles. The number of aryl methyl sites for hydroxylation is 1. The molecular weight excluding hydrogens is 366 g/mol. The molecule has 6 heteroatoms. The lowest BCUT2D eigenvalue weighted by molar-refractivity contribution is -0.126. The lowest BCUT2D eigenvalue weighted by Crippen LogP contribution is -2.47. The summed E-state index contributed by atoms with van der Waals surface area (Å²) in [6.07, 6.45) is 2.34. The molecule has 154 valence electrons. The molecule has 1 heterocycles. The molecule has 1 saturated heterocycles. The molecule has 1 atom stereocenters. The zero-order valence-corrected chi connectivity index (χ0v) is 17.1. The second-order valence-corrected chi connectivity index (χ2v) is 7.44. The maximum atomic E-state index is 12.6. The first-order valence-corrected chi connectivity index (χ1v) is 10.1. The van der Waals surface area contributed by atoms with Gasteiger partial charge >= 0.3 is 6.03 Å². The van der Waals surface area contributed by atoms with Gasteiger partial charge < -0.3 is 20.3 Å². The van der Waals surface area contributed by atoms with E-state index in [1.165, 1.54) is 5.56 Å². The maximum absolute atomic E-state index is 12.6. The molecule has 1 fully saturated rings. The van der Waals surface area contributed by atoms with Crippen molar-refractivity contribution in [2.75, 3.05) is 32.1 Å². The van der Waals surface area contributed by atoms with Crippen LogP contribution in [0.4, 0.5) is 10.5 Å².